The number of likely N-dealkylation sites (N-methyl/N-ethyl adjacent to an activating group) is 1. The van der Waals surface area contributed by atoms with E-state index in [9.17, 15) is 9.59 Å². The van der Waals surface area contributed by atoms with Gasteiger partial charge in [0.05, 0.1) is 17.7 Å². The number of hydrogen-bond acceptors (Lipinski definition) is 9. The summed E-state index contributed by atoms with van der Waals surface area (Å²) in [5, 5.41) is 9.35. The first-order valence-electron chi connectivity index (χ1n) is 10.6. The number of amidine groups is 1. The molecule has 3 heterocycles. The quantitative estimate of drug-likeness (QED) is 0.291. The number of carbonyl (C=O) groups excluding carboxylic acids is 2. The maximum atomic E-state index is 12.7. The van der Waals surface area contributed by atoms with Crippen molar-refractivity contribution in [3.05, 3.63) is 41.6 Å². The number of ether oxygens (including phenoxy) is 3. The third kappa shape index (κ3) is 7.14. The van der Waals surface area contributed by atoms with Gasteiger partial charge in [-0.2, -0.15) is 4.98 Å². The Hall–Kier alpha value is -3.22. The lowest BCUT2D eigenvalue weighted by Crippen LogP contribution is -2.47. The Morgan fingerprint density at radius 2 is 1.85 bits per heavy atom. The zero-order valence-corrected chi connectivity index (χ0v) is 20.2. The second-order valence-corrected chi connectivity index (χ2v) is 8.25. The van der Waals surface area contributed by atoms with E-state index in [2.05, 4.69) is 32.8 Å². The molecule has 11 nitrogen and oxygen atoms in total. The van der Waals surface area contributed by atoms with Crippen LogP contribution in [0.2, 0.25) is 0 Å². The molecule has 2 aromatic rings. The summed E-state index contributed by atoms with van der Waals surface area (Å²) in [6.45, 7) is 5.10. The van der Waals surface area contributed by atoms with Gasteiger partial charge in [-0.3, -0.25) is 15.0 Å². The molecule has 1 aliphatic rings. The summed E-state index contributed by atoms with van der Waals surface area (Å²) in [7, 11) is 3.58. The summed E-state index contributed by atoms with van der Waals surface area (Å²) in [6.07, 6.45) is 1.12. The minimum atomic E-state index is -0.572. The molecule has 0 aliphatic carbocycles. The lowest BCUT2D eigenvalue weighted by molar-refractivity contribution is 0.0663. The van der Waals surface area contributed by atoms with Crippen LogP contribution in [0.3, 0.4) is 0 Å². The summed E-state index contributed by atoms with van der Waals surface area (Å²) in [4.78, 5) is 37.6. The fraction of sp³-hybridized carbons (Fsp3) is 0.409. The van der Waals surface area contributed by atoms with Crippen LogP contribution in [0.4, 0.5) is 0 Å². The topological polar surface area (TPSA) is 130 Å². The highest BCUT2D eigenvalue weighted by atomic mass is 32.1. The van der Waals surface area contributed by atoms with Crippen LogP contribution in [0.15, 0.2) is 30.5 Å². The average molecular weight is 489 g/mol. The van der Waals surface area contributed by atoms with Crippen molar-refractivity contribution in [2.45, 2.75) is 13.0 Å². The SMILES string of the molecule is COC[C@@H](C)Oc1cc(C(=O)NC(=N)S)cc(Oc2ccc(C(=O)N3CCN(C)CC3)cn2)n1. The highest BCUT2D eigenvalue weighted by molar-refractivity contribution is 7.96. The first-order chi connectivity index (χ1) is 16.2. The minimum Gasteiger partial charge on any atom is -0.472 e. The van der Waals surface area contributed by atoms with E-state index in [0.717, 1.165) is 13.1 Å². The molecule has 1 saturated heterocycles. The minimum absolute atomic E-state index is 0.0589. The standard InChI is InChI=1S/C22H28N6O5S/c1-14(13-31-3)32-18-10-16(20(29)26-22(23)34)11-19(25-18)33-17-5-4-15(12-24-17)21(30)28-8-6-27(2)7-9-28/h4-5,10-12,14H,6-9,13H2,1-3H3,(H3,23,26,29,34)/t14-/m1/s1. The van der Waals surface area contributed by atoms with Gasteiger partial charge in [0.15, 0.2) is 5.17 Å². The summed E-state index contributed by atoms with van der Waals surface area (Å²) in [5.41, 5.74) is 0.618. The lowest BCUT2D eigenvalue weighted by atomic mass is 10.2. The van der Waals surface area contributed by atoms with Crippen LogP contribution in [0.5, 0.6) is 17.6 Å². The van der Waals surface area contributed by atoms with Crippen molar-refractivity contribution in [1.29, 1.82) is 5.41 Å². The van der Waals surface area contributed by atoms with Crippen LogP contribution in [0, 0.1) is 5.41 Å². The molecule has 0 aromatic carbocycles. The maximum absolute atomic E-state index is 12.7. The van der Waals surface area contributed by atoms with Gasteiger partial charge in [-0.05, 0) is 20.0 Å². The number of aromatic nitrogens is 2. The van der Waals surface area contributed by atoms with E-state index in [1.165, 1.54) is 18.3 Å². The Morgan fingerprint density at radius 1 is 1.15 bits per heavy atom. The molecule has 1 atom stereocenters. The van der Waals surface area contributed by atoms with E-state index in [1.54, 1.807) is 31.1 Å². The number of rotatable bonds is 8. The van der Waals surface area contributed by atoms with Gasteiger partial charge in [0, 0.05) is 57.7 Å². The van der Waals surface area contributed by atoms with E-state index >= 15 is 0 Å². The van der Waals surface area contributed by atoms with Crippen LogP contribution in [0.1, 0.15) is 27.6 Å². The highest BCUT2D eigenvalue weighted by Crippen LogP contribution is 2.24. The molecule has 2 amide bonds. The van der Waals surface area contributed by atoms with Crippen molar-refractivity contribution in [2.24, 2.45) is 0 Å². The number of carbonyl (C=O) groups is 2. The van der Waals surface area contributed by atoms with Crippen LogP contribution in [-0.2, 0) is 4.74 Å². The van der Waals surface area contributed by atoms with Gasteiger partial charge in [-0.25, -0.2) is 4.98 Å². The Balaban J connectivity index is 1.76. The third-order valence-electron chi connectivity index (χ3n) is 4.98. The summed E-state index contributed by atoms with van der Waals surface area (Å²) < 4.78 is 16.5. The van der Waals surface area contributed by atoms with E-state index in [1.807, 2.05) is 7.05 Å². The second kappa shape index (κ2) is 11.8. The average Bonchev–Trinajstić information content (AvgIpc) is 2.79. The number of hydrogen-bond donors (Lipinski definition) is 3. The lowest BCUT2D eigenvalue weighted by Gasteiger charge is -2.32. The molecule has 2 N–H and O–H groups in total. The van der Waals surface area contributed by atoms with Crippen molar-refractivity contribution < 1.29 is 23.8 Å². The number of amides is 2. The predicted octanol–water partition coefficient (Wildman–Crippen LogP) is 1.66. The van der Waals surface area contributed by atoms with Gasteiger partial charge < -0.3 is 29.3 Å². The third-order valence-corrected chi connectivity index (χ3v) is 5.09. The molecule has 0 unspecified atom stereocenters. The van der Waals surface area contributed by atoms with E-state index < -0.39 is 5.91 Å². The molecule has 3 rings (SSSR count). The molecule has 1 aliphatic heterocycles. The van der Waals surface area contributed by atoms with Crippen LogP contribution < -0.4 is 14.8 Å². The van der Waals surface area contributed by atoms with Gasteiger partial charge in [-0.1, -0.05) is 0 Å². The molecular formula is C22H28N6O5S. The Morgan fingerprint density at radius 3 is 2.47 bits per heavy atom. The van der Waals surface area contributed by atoms with E-state index in [4.69, 9.17) is 19.6 Å². The van der Waals surface area contributed by atoms with Gasteiger partial charge in [0.1, 0.15) is 6.10 Å². The van der Waals surface area contributed by atoms with Gasteiger partial charge in [0.25, 0.3) is 11.8 Å². The summed E-state index contributed by atoms with van der Waals surface area (Å²) >= 11 is 3.78. The van der Waals surface area contributed by atoms with Crippen LogP contribution >= 0.6 is 12.6 Å². The molecule has 182 valence electrons. The van der Waals surface area contributed by atoms with Crippen molar-refractivity contribution in [3.8, 4) is 17.6 Å². The maximum Gasteiger partial charge on any atom is 0.257 e. The number of nitrogens with zero attached hydrogens (tertiary/aromatic N) is 4. The van der Waals surface area contributed by atoms with Gasteiger partial charge in [0.2, 0.25) is 17.6 Å². The predicted molar refractivity (Wildman–Crippen MR) is 128 cm³/mol. The van der Waals surface area contributed by atoms with Crippen LogP contribution in [-0.4, -0.2) is 89.8 Å². The molecule has 0 spiro atoms. The monoisotopic (exact) mass is 488 g/mol. The summed E-state index contributed by atoms with van der Waals surface area (Å²) in [5.74, 6) is -0.264. The fourth-order valence-corrected chi connectivity index (χ4v) is 3.35. The number of piperazine rings is 1. The number of methoxy groups -OCH3 is 1. The van der Waals surface area contributed by atoms with Crippen molar-refractivity contribution in [1.82, 2.24) is 25.1 Å². The van der Waals surface area contributed by atoms with E-state index in [0.29, 0.717) is 25.3 Å². The Labute approximate surface area is 203 Å². The molecule has 1 fully saturated rings. The molecule has 0 saturated carbocycles. The molecule has 12 heteroatoms. The number of pyridine rings is 2. The van der Waals surface area contributed by atoms with E-state index in [-0.39, 0.29) is 40.4 Å². The van der Waals surface area contributed by atoms with Gasteiger partial charge >= 0.3 is 0 Å². The molecule has 0 bridgehead atoms. The number of thiol groups is 1. The molecule has 2 aromatic heterocycles. The number of nitrogens with one attached hydrogen (secondary N) is 2. The zero-order chi connectivity index (χ0) is 24.7. The van der Waals surface area contributed by atoms with Crippen molar-refractivity contribution in [2.75, 3.05) is 46.9 Å². The Kier molecular flexibility index (Phi) is 8.79. The Bertz CT molecular complexity index is 1030. The molecular weight excluding hydrogens is 460 g/mol. The largest absolute Gasteiger partial charge is 0.472 e. The smallest absolute Gasteiger partial charge is 0.257 e. The molecule has 0 radical (unpaired) electrons. The second-order valence-electron chi connectivity index (χ2n) is 7.80. The fourth-order valence-electron chi connectivity index (χ4n) is 3.25. The first kappa shape index (κ1) is 25.4. The summed E-state index contributed by atoms with van der Waals surface area (Å²) in [6, 6.07) is 6.02. The zero-order valence-electron chi connectivity index (χ0n) is 19.3. The van der Waals surface area contributed by atoms with Crippen molar-refractivity contribution in [3.63, 3.8) is 0 Å². The molecule has 34 heavy (non-hydrogen) atoms. The first-order valence-corrected chi connectivity index (χ1v) is 11.1. The highest BCUT2D eigenvalue weighted by Gasteiger charge is 2.21. The normalized spacial score (nSPS) is 14.9. The van der Waals surface area contributed by atoms with Crippen molar-refractivity contribution >= 4 is 29.6 Å². The van der Waals surface area contributed by atoms with Crippen LogP contribution in [0.25, 0.3) is 0 Å². The van der Waals surface area contributed by atoms with Gasteiger partial charge in [-0.15, -0.1) is 12.6 Å².